The van der Waals surface area contributed by atoms with Crippen LogP contribution in [0.4, 0.5) is 23.9 Å². The molecule has 3 heterocycles. The van der Waals surface area contributed by atoms with Crippen LogP contribution in [0.3, 0.4) is 0 Å². The lowest BCUT2D eigenvalue weighted by molar-refractivity contribution is -0.137. The zero-order chi connectivity index (χ0) is 22.5. The number of halogens is 3. The second-order valence-corrected chi connectivity index (χ2v) is 8.16. The molecule has 160 valence electrons. The standard InChI is InChI=1S/C22H14F3N5OS/c23-22(24,25)15-9-19(26)32-20(15)21(31)29-17-7-11(8-18-14(17)10-28-30-18)12-3-1-5-16-13(12)4-2-6-27-16/h1-10H,26H2,(H,28,30)(H,29,31). The third-order valence-electron chi connectivity index (χ3n) is 5.03. The lowest BCUT2D eigenvalue weighted by Crippen LogP contribution is -2.16. The van der Waals surface area contributed by atoms with Crippen molar-refractivity contribution in [3.8, 4) is 11.1 Å². The highest BCUT2D eigenvalue weighted by Gasteiger charge is 2.37. The summed E-state index contributed by atoms with van der Waals surface area (Å²) in [4.78, 5) is 16.7. The first-order valence-corrected chi connectivity index (χ1v) is 10.2. The van der Waals surface area contributed by atoms with Gasteiger partial charge in [-0.25, -0.2) is 0 Å². The number of hydrogen-bond donors (Lipinski definition) is 3. The molecular formula is C22H14F3N5OS. The number of nitrogens with two attached hydrogens (primary N) is 1. The van der Waals surface area contributed by atoms with Crippen molar-refractivity contribution in [1.82, 2.24) is 15.2 Å². The van der Waals surface area contributed by atoms with Gasteiger partial charge >= 0.3 is 6.18 Å². The number of nitrogen functional groups attached to an aromatic ring is 1. The number of benzene rings is 2. The van der Waals surface area contributed by atoms with E-state index >= 15 is 0 Å². The van der Waals surface area contributed by atoms with Crippen LogP contribution in [-0.4, -0.2) is 21.1 Å². The summed E-state index contributed by atoms with van der Waals surface area (Å²) < 4.78 is 40.0. The molecule has 0 aliphatic heterocycles. The summed E-state index contributed by atoms with van der Waals surface area (Å²) in [5, 5.41) is 10.9. The summed E-state index contributed by atoms with van der Waals surface area (Å²) in [6, 6.07) is 13.8. The number of carbonyl (C=O) groups is 1. The van der Waals surface area contributed by atoms with E-state index in [0.29, 0.717) is 27.9 Å². The lowest BCUT2D eigenvalue weighted by atomic mass is 9.99. The molecule has 0 saturated heterocycles. The monoisotopic (exact) mass is 453 g/mol. The van der Waals surface area contributed by atoms with Crippen molar-refractivity contribution in [3.63, 3.8) is 0 Å². The number of nitrogens with zero attached hydrogens (tertiary/aromatic N) is 2. The van der Waals surface area contributed by atoms with Crippen LogP contribution in [-0.2, 0) is 6.18 Å². The number of carbonyl (C=O) groups excluding carboxylic acids is 1. The molecule has 10 heteroatoms. The minimum atomic E-state index is -4.69. The van der Waals surface area contributed by atoms with Crippen molar-refractivity contribution >= 4 is 49.7 Å². The Morgan fingerprint density at radius 2 is 1.94 bits per heavy atom. The summed E-state index contributed by atoms with van der Waals surface area (Å²) in [6.07, 6.45) is -1.49. The number of fused-ring (bicyclic) bond motifs is 2. The van der Waals surface area contributed by atoms with E-state index in [0.717, 1.165) is 28.1 Å². The molecule has 0 atom stereocenters. The van der Waals surface area contributed by atoms with Gasteiger partial charge < -0.3 is 11.1 Å². The maximum Gasteiger partial charge on any atom is 0.418 e. The predicted octanol–water partition coefficient (Wildman–Crippen LogP) is 5.69. The van der Waals surface area contributed by atoms with E-state index in [-0.39, 0.29) is 5.00 Å². The number of hydrogen-bond acceptors (Lipinski definition) is 5. The quantitative estimate of drug-likeness (QED) is 0.327. The average Bonchev–Trinajstić information content (AvgIpc) is 3.40. The van der Waals surface area contributed by atoms with Gasteiger partial charge in [-0.05, 0) is 41.5 Å². The van der Waals surface area contributed by atoms with Gasteiger partial charge in [0, 0.05) is 17.0 Å². The molecule has 0 unspecified atom stereocenters. The van der Waals surface area contributed by atoms with E-state index < -0.39 is 22.5 Å². The summed E-state index contributed by atoms with van der Waals surface area (Å²) >= 11 is 0.593. The third kappa shape index (κ3) is 3.44. The minimum Gasteiger partial charge on any atom is -0.391 e. The van der Waals surface area contributed by atoms with Crippen LogP contribution in [0.2, 0.25) is 0 Å². The lowest BCUT2D eigenvalue weighted by Gasteiger charge is -2.12. The van der Waals surface area contributed by atoms with Crippen LogP contribution in [0, 0.1) is 0 Å². The Bertz CT molecular complexity index is 1480. The van der Waals surface area contributed by atoms with Crippen molar-refractivity contribution in [2.24, 2.45) is 0 Å². The zero-order valence-electron chi connectivity index (χ0n) is 16.2. The number of pyridine rings is 1. The van der Waals surface area contributed by atoms with E-state index in [1.165, 1.54) is 6.20 Å². The molecule has 0 fully saturated rings. The number of nitrogens with one attached hydrogen (secondary N) is 2. The molecule has 0 saturated carbocycles. The van der Waals surface area contributed by atoms with Crippen LogP contribution in [0.25, 0.3) is 32.9 Å². The largest absolute Gasteiger partial charge is 0.418 e. The fraction of sp³-hybridized carbons (Fsp3) is 0.0455. The highest BCUT2D eigenvalue weighted by molar-refractivity contribution is 7.18. The Hall–Kier alpha value is -3.92. The molecule has 32 heavy (non-hydrogen) atoms. The van der Waals surface area contributed by atoms with Gasteiger partial charge in [0.1, 0.15) is 4.88 Å². The van der Waals surface area contributed by atoms with Crippen molar-refractivity contribution in [2.75, 3.05) is 11.1 Å². The predicted molar refractivity (Wildman–Crippen MR) is 119 cm³/mol. The van der Waals surface area contributed by atoms with E-state index in [1.807, 2.05) is 36.4 Å². The summed E-state index contributed by atoms with van der Waals surface area (Å²) in [6.45, 7) is 0. The summed E-state index contributed by atoms with van der Waals surface area (Å²) in [5.41, 5.74) is 7.85. The van der Waals surface area contributed by atoms with Gasteiger partial charge in [0.05, 0.1) is 33.5 Å². The number of thiophene rings is 1. The first kappa shape index (κ1) is 20.0. The molecule has 5 aromatic rings. The molecule has 4 N–H and O–H groups in total. The van der Waals surface area contributed by atoms with Gasteiger partial charge in [0.2, 0.25) is 0 Å². The molecule has 6 nitrogen and oxygen atoms in total. The number of aromatic amines is 1. The molecule has 0 aliphatic carbocycles. The SMILES string of the molecule is Nc1cc(C(F)(F)F)c(C(=O)Nc2cc(-c3cccc4ncccc34)cc3[nH]ncc23)s1. The first-order valence-electron chi connectivity index (χ1n) is 9.40. The Labute approximate surface area is 182 Å². The number of aromatic nitrogens is 3. The molecule has 1 amide bonds. The molecule has 5 rings (SSSR count). The molecule has 0 spiro atoms. The van der Waals surface area contributed by atoms with Gasteiger partial charge in [0.25, 0.3) is 5.91 Å². The highest BCUT2D eigenvalue weighted by atomic mass is 32.1. The number of alkyl halides is 3. The first-order chi connectivity index (χ1) is 15.3. The summed E-state index contributed by atoms with van der Waals surface area (Å²) in [5.74, 6) is -0.890. The van der Waals surface area contributed by atoms with Crippen molar-refractivity contribution in [3.05, 3.63) is 71.4 Å². The van der Waals surface area contributed by atoms with Gasteiger partial charge in [-0.2, -0.15) is 18.3 Å². The number of anilines is 2. The van der Waals surface area contributed by atoms with E-state index in [1.54, 1.807) is 12.3 Å². The van der Waals surface area contributed by atoms with Crippen LogP contribution in [0.1, 0.15) is 15.2 Å². The van der Waals surface area contributed by atoms with Crippen LogP contribution in [0.15, 0.2) is 60.9 Å². The van der Waals surface area contributed by atoms with Crippen molar-refractivity contribution < 1.29 is 18.0 Å². The molecule has 2 aromatic carbocycles. The van der Waals surface area contributed by atoms with E-state index in [9.17, 15) is 18.0 Å². The maximum absolute atomic E-state index is 13.3. The van der Waals surface area contributed by atoms with E-state index in [4.69, 9.17) is 5.73 Å². The second-order valence-electron chi connectivity index (χ2n) is 7.07. The van der Waals surface area contributed by atoms with Crippen molar-refractivity contribution in [2.45, 2.75) is 6.18 Å². The van der Waals surface area contributed by atoms with Crippen LogP contribution < -0.4 is 11.1 Å². The number of rotatable bonds is 3. The maximum atomic E-state index is 13.3. The molecule has 3 aromatic heterocycles. The third-order valence-corrected chi connectivity index (χ3v) is 5.99. The number of amides is 1. The Kier molecular flexibility index (Phi) is 4.59. The smallest absolute Gasteiger partial charge is 0.391 e. The van der Waals surface area contributed by atoms with Crippen LogP contribution in [0.5, 0.6) is 0 Å². The molecule has 0 radical (unpaired) electrons. The van der Waals surface area contributed by atoms with Crippen LogP contribution >= 0.6 is 11.3 Å². The van der Waals surface area contributed by atoms with Gasteiger partial charge in [0.15, 0.2) is 0 Å². The average molecular weight is 453 g/mol. The van der Waals surface area contributed by atoms with Gasteiger partial charge in [-0.3, -0.25) is 14.9 Å². The fourth-order valence-electron chi connectivity index (χ4n) is 3.63. The van der Waals surface area contributed by atoms with Gasteiger partial charge in [-0.15, -0.1) is 11.3 Å². The van der Waals surface area contributed by atoms with Gasteiger partial charge in [-0.1, -0.05) is 18.2 Å². The molecular weight excluding hydrogens is 439 g/mol. The Balaban J connectivity index is 1.62. The minimum absolute atomic E-state index is 0.0899. The summed E-state index contributed by atoms with van der Waals surface area (Å²) in [7, 11) is 0. The topological polar surface area (TPSA) is 96.7 Å². The highest BCUT2D eigenvalue weighted by Crippen LogP contribution is 2.39. The normalized spacial score (nSPS) is 11.8. The molecule has 0 bridgehead atoms. The molecule has 0 aliphatic rings. The van der Waals surface area contributed by atoms with Crippen molar-refractivity contribution in [1.29, 1.82) is 0 Å². The van der Waals surface area contributed by atoms with E-state index in [2.05, 4.69) is 20.5 Å². The second kappa shape index (κ2) is 7.34. The number of H-pyrrole nitrogens is 1. The Morgan fingerprint density at radius 1 is 1.09 bits per heavy atom. The Morgan fingerprint density at radius 3 is 2.75 bits per heavy atom. The fourth-order valence-corrected chi connectivity index (χ4v) is 4.47. The zero-order valence-corrected chi connectivity index (χ0v) is 17.0.